The van der Waals surface area contributed by atoms with E-state index >= 15 is 0 Å². The van der Waals surface area contributed by atoms with Crippen molar-refractivity contribution >= 4 is 27.8 Å². The normalized spacial score (nSPS) is 12.2. The van der Waals surface area contributed by atoms with Crippen LogP contribution in [0.5, 0.6) is 0 Å². The summed E-state index contributed by atoms with van der Waals surface area (Å²) in [6.07, 6.45) is 4.86. The quantitative estimate of drug-likeness (QED) is 0.761. The van der Waals surface area contributed by atoms with E-state index in [0.717, 1.165) is 30.3 Å². The molecule has 0 bridgehead atoms. The minimum absolute atomic E-state index is 0.340. The van der Waals surface area contributed by atoms with Crippen LogP contribution >= 0.6 is 15.9 Å². The molecule has 0 aliphatic carbocycles. The predicted molar refractivity (Wildman–Crippen MR) is 80.8 cm³/mol. The van der Waals surface area contributed by atoms with Gasteiger partial charge in [-0.1, -0.05) is 26.7 Å². The Morgan fingerprint density at radius 2 is 2.10 bits per heavy atom. The lowest BCUT2D eigenvalue weighted by molar-refractivity contribution is -0.139. The number of carbonyl (C=O) groups excluding carboxylic acids is 1. The highest BCUT2D eigenvalue weighted by Crippen LogP contribution is 2.16. The first-order valence-electron chi connectivity index (χ1n) is 6.88. The first-order valence-corrected chi connectivity index (χ1v) is 7.68. The van der Waals surface area contributed by atoms with Gasteiger partial charge in [0.2, 0.25) is 0 Å². The topological polar surface area (TPSA) is 71.3 Å². The number of carboxylic acid groups (broad SMARTS) is 1. The third-order valence-corrected chi connectivity index (χ3v) is 3.44. The van der Waals surface area contributed by atoms with Gasteiger partial charge in [0.25, 0.3) is 5.91 Å². The van der Waals surface area contributed by atoms with Gasteiger partial charge in [-0.2, -0.15) is 0 Å². The van der Waals surface area contributed by atoms with E-state index in [9.17, 15) is 9.59 Å². The number of nitrogens with one attached hydrogen (secondary N) is 1. The number of carboxylic acids is 1. The fraction of sp³-hybridized carbons (Fsp3) is 0.571. The molecule has 0 fully saturated rings. The summed E-state index contributed by atoms with van der Waals surface area (Å²) in [4.78, 5) is 23.4. The summed E-state index contributed by atoms with van der Waals surface area (Å²) >= 11 is 3.34. The van der Waals surface area contributed by atoms with Crippen LogP contribution in [-0.4, -0.2) is 27.6 Å². The van der Waals surface area contributed by atoms with Gasteiger partial charge >= 0.3 is 5.97 Å². The van der Waals surface area contributed by atoms with Crippen LogP contribution in [0, 0.1) is 0 Å². The van der Waals surface area contributed by atoms with Crippen molar-refractivity contribution in [3.05, 3.63) is 22.4 Å². The third kappa shape index (κ3) is 4.67. The van der Waals surface area contributed by atoms with Crippen LogP contribution in [0.15, 0.2) is 16.7 Å². The van der Waals surface area contributed by atoms with Gasteiger partial charge in [-0.15, -0.1) is 0 Å². The zero-order valence-corrected chi connectivity index (χ0v) is 13.4. The maximum absolute atomic E-state index is 12.2. The largest absolute Gasteiger partial charge is 0.480 e. The molecule has 1 atom stereocenters. The molecular formula is C14H21BrN2O3. The number of hydrogen-bond acceptors (Lipinski definition) is 2. The van der Waals surface area contributed by atoms with Crippen LogP contribution in [0.2, 0.25) is 0 Å². The minimum Gasteiger partial charge on any atom is -0.480 e. The van der Waals surface area contributed by atoms with Crippen LogP contribution in [0.3, 0.4) is 0 Å². The van der Waals surface area contributed by atoms with Crippen molar-refractivity contribution < 1.29 is 14.7 Å². The van der Waals surface area contributed by atoms with Crippen molar-refractivity contribution in [3.63, 3.8) is 0 Å². The highest BCUT2D eigenvalue weighted by atomic mass is 79.9. The maximum atomic E-state index is 12.2. The van der Waals surface area contributed by atoms with E-state index in [1.54, 1.807) is 6.07 Å². The number of nitrogens with zero attached hydrogens (tertiary/aromatic N) is 1. The standard InChI is InChI=1S/C14H21BrN2O3/c1-3-5-6-11(14(19)20)16-13(18)12-8-10(15)9-17(12)7-4-2/h8-9,11H,3-7H2,1-2H3,(H,16,18)(H,19,20). The highest BCUT2D eigenvalue weighted by molar-refractivity contribution is 9.10. The Kier molecular flexibility index (Phi) is 6.78. The number of carbonyl (C=O) groups is 2. The van der Waals surface area contributed by atoms with Gasteiger partial charge in [0.15, 0.2) is 0 Å². The second kappa shape index (κ2) is 8.09. The molecular weight excluding hydrogens is 324 g/mol. The second-order valence-electron chi connectivity index (χ2n) is 4.74. The molecule has 0 spiro atoms. The lowest BCUT2D eigenvalue weighted by Crippen LogP contribution is -2.41. The lowest BCUT2D eigenvalue weighted by Gasteiger charge is -2.15. The second-order valence-corrected chi connectivity index (χ2v) is 5.66. The molecule has 0 aliphatic heterocycles. The van der Waals surface area contributed by atoms with Crippen molar-refractivity contribution in [3.8, 4) is 0 Å². The van der Waals surface area contributed by atoms with Gasteiger partial charge in [-0.05, 0) is 34.8 Å². The molecule has 0 saturated carbocycles. The zero-order valence-electron chi connectivity index (χ0n) is 11.9. The van der Waals surface area contributed by atoms with Crippen LogP contribution in [0.4, 0.5) is 0 Å². The first-order chi connectivity index (χ1) is 9.49. The summed E-state index contributed by atoms with van der Waals surface area (Å²) < 4.78 is 2.65. The van der Waals surface area contributed by atoms with Crippen LogP contribution in [-0.2, 0) is 11.3 Å². The molecule has 0 aromatic carbocycles. The van der Waals surface area contributed by atoms with Crippen molar-refractivity contribution in [2.45, 2.75) is 52.1 Å². The molecule has 1 amide bonds. The average Bonchev–Trinajstić information content (AvgIpc) is 2.75. The number of hydrogen-bond donors (Lipinski definition) is 2. The summed E-state index contributed by atoms with van der Waals surface area (Å²) in [6.45, 7) is 4.74. The molecule has 1 aromatic rings. The smallest absolute Gasteiger partial charge is 0.326 e. The minimum atomic E-state index is -0.987. The maximum Gasteiger partial charge on any atom is 0.326 e. The predicted octanol–water partition coefficient (Wildman–Crippen LogP) is 3.03. The fourth-order valence-electron chi connectivity index (χ4n) is 1.99. The zero-order chi connectivity index (χ0) is 15.1. The Morgan fingerprint density at radius 3 is 2.65 bits per heavy atom. The molecule has 1 aromatic heterocycles. The first kappa shape index (κ1) is 16.8. The third-order valence-electron chi connectivity index (χ3n) is 3.01. The monoisotopic (exact) mass is 344 g/mol. The summed E-state index contributed by atoms with van der Waals surface area (Å²) in [5.74, 6) is -1.33. The van der Waals surface area contributed by atoms with Gasteiger partial charge in [0.1, 0.15) is 11.7 Å². The number of amides is 1. The van der Waals surface area contributed by atoms with E-state index < -0.39 is 12.0 Å². The molecule has 1 unspecified atom stereocenters. The Morgan fingerprint density at radius 1 is 1.40 bits per heavy atom. The number of aromatic nitrogens is 1. The summed E-state index contributed by atoms with van der Waals surface area (Å²) in [5, 5.41) is 11.7. The van der Waals surface area contributed by atoms with Gasteiger partial charge < -0.3 is 15.0 Å². The van der Waals surface area contributed by atoms with Crippen LogP contribution < -0.4 is 5.32 Å². The van der Waals surface area contributed by atoms with Gasteiger partial charge in [-0.3, -0.25) is 4.79 Å². The molecule has 112 valence electrons. The summed E-state index contributed by atoms with van der Waals surface area (Å²) in [5.41, 5.74) is 0.487. The Hall–Kier alpha value is -1.30. The molecule has 0 saturated heterocycles. The lowest BCUT2D eigenvalue weighted by atomic mass is 10.1. The van der Waals surface area contributed by atoms with Crippen molar-refractivity contribution in [2.75, 3.05) is 0 Å². The SMILES string of the molecule is CCCCC(NC(=O)c1cc(Br)cn1CCC)C(=O)O. The van der Waals surface area contributed by atoms with Gasteiger partial charge in [-0.25, -0.2) is 4.79 Å². The van der Waals surface area contributed by atoms with E-state index in [2.05, 4.69) is 21.2 Å². The van der Waals surface area contributed by atoms with E-state index in [4.69, 9.17) is 5.11 Å². The molecule has 1 rings (SSSR count). The number of halogens is 1. The molecule has 2 N–H and O–H groups in total. The number of aliphatic carboxylic acids is 1. The van der Waals surface area contributed by atoms with E-state index in [-0.39, 0.29) is 5.91 Å². The van der Waals surface area contributed by atoms with E-state index in [1.165, 1.54) is 0 Å². The van der Waals surface area contributed by atoms with Gasteiger partial charge in [0.05, 0.1) is 0 Å². The molecule has 0 aliphatic rings. The number of aryl methyl sites for hydroxylation is 1. The van der Waals surface area contributed by atoms with Gasteiger partial charge in [0, 0.05) is 17.2 Å². The number of rotatable bonds is 8. The van der Waals surface area contributed by atoms with E-state index in [0.29, 0.717) is 12.1 Å². The van der Waals surface area contributed by atoms with Crippen molar-refractivity contribution in [1.82, 2.24) is 9.88 Å². The van der Waals surface area contributed by atoms with Crippen LogP contribution in [0.25, 0.3) is 0 Å². The fourth-order valence-corrected chi connectivity index (χ4v) is 2.45. The Balaban J connectivity index is 2.80. The molecule has 20 heavy (non-hydrogen) atoms. The van der Waals surface area contributed by atoms with E-state index in [1.807, 2.05) is 24.6 Å². The molecule has 5 nitrogen and oxygen atoms in total. The molecule has 0 radical (unpaired) electrons. The number of unbranched alkanes of at least 4 members (excludes halogenated alkanes) is 1. The Labute approximate surface area is 127 Å². The molecule has 6 heteroatoms. The highest BCUT2D eigenvalue weighted by Gasteiger charge is 2.22. The Bertz CT molecular complexity index is 471. The summed E-state index contributed by atoms with van der Waals surface area (Å²) in [7, 11) is 0. The van der Waals surface area contributed by atoms with Crippen molar-refractivity contribution in [1.29, 1.82) is 0 Å². The summed E-state index contributed by atoms with van der Waals surface area (Å²) in [6, 6.07) is 0.884. The van der Waals surface area contributed by atoms with Crippen molar-refractivity contribution in [2.24, 2.45) is 0 Å². The average molecular weight is 345 g/mol. The molecule has 1 heterocycles. The van der Waals surface area contributed by atoms with Crippen LogP contribution in [0.1, 0.15) is 50.0 Å².